The van der Waals surface area contributed by atoms with Gasteiger partial charge >= 0.3 is 0 Å². The van der Waals surface area contributed by atoms with Crippen molar-refractivity contribution in [2.45, 2.75) is 26.0 Å². The summed E-state index contributed by atoms with van der Waals surface area (Å²) in [4.78, 5) is 14.2. The smallest absolute Gasteiger partial charge is 0.224 e. The zero-order chi connectivity index (χ0) is 16.1. The summed E-state index contributed by atoms with van der Waals surface area (Å²) in [6.45, 7) is 4.21. The largest absolute Gasteiger partial charge is 0.486 e. The first-order chi connectivity index (χ1) is 11.3. The van der Waals surface area contributed by atoms with Gasteiger partial charge in [0.1, 0.15) is 6.61 Å². The number of amides is 1. The lowest BCUT2D eigenvalue weighted by molar-refractivity contribution is -0.132. The molecule has 0 fully saturated rings. The monoisotopic (exact) mass is 315 g/mol. The van der Waals surface area contributed by atoms with E-state index in [-0.39, 0.29) is 12.0 Å². The Balaban J connectivity index is 1.54. The van der Waals surface area contributed by atoms with Gasteiger partial charge in [-0.05, 0) is 25.1 Å². The molecule has 1 aliphatic rings. The third-order valence-corrected chi connectivity index (χ3v) is 3.84. The van der Waals surface area contributed by atoms with E-state index in [4.69, 9.17) is 9.47 Å². The molecule has 0 N–H and O–H groups in total. The van der Waals surface area contributed by atoms with Gasteiger partial charge in [-0.25, -0.2) is 0 Å². The Morgan fingerprint density at radius 3 is 2.91 bits per heavy atom. The average Bonchev–Trinajstić information content (AvgIpc) is 3.11. The molecule has 6 nitrogen and oxygen atoms in total. The maximum atomic E-state index is 12.4. The number of para-hydroxylation sites is 2. The fourth-order valence-electron chi connectivity index (χ4n) is 2.61. The van der Waals surface area contributed by atoms with Crippen LogP contribution in [0, 0.1) is 0 Å². The highest BCUT2D eigenvalue weighted by Crippen LogP contribution is 2.31. The maximum Gasteiger partial charge on any atom is 0.224 e. The minimum Gasteiger partial charge on any atom is -0.486 e. The summed E-state index contributed by atoms with van der Waals surface area (Å²) in [5.41, 5.74) is 0. The Kier molecular flexibility index (Phi) is 4.80. The molecule has 2 aromatic rings. The Hall–Kier alpha value is -2.50. The van der Waals surface area contributed by atoms with Crippen molar-refractivity contribution in [3.05, 3.63) is 42.7 Å². The van der Waals surface area contributed by atoms with Crippen LogP contribution in [0.15, 0.2) is 42.7 Å². The van der Waals surface area contributed by atoms with Gasteiger partial charge in [-0.1, -0.05) is 12.1 Å². The Morgan fingerprint density at radius 1 is 1.35 bits per heavy atom. The molecule has 0 bridgehead atoms. The van der Waals surface area contributed by atoms with E-state index in [1.807, 2.05) is 48.4 Å². The SMILES string of the molecule is CCN(C[C@H]1COc2ccccc2O1)C(=O)CCn1cccn1. The van der Waals surface area contributed by atoms with E-state index >= 15 is 0 Å². The van der Waals surface area contributed by atoms with Crippen LogP contribution < -0.4 is 9.47 Å². The minimum absolute atomic E-state index is 0.102. The first-order valence-electron chi connectivity index (χ1n) is 7.90. The molecule has 1 aromatic carbocycles. The van der Waals surface area contributed by atoms with Gasteiger partial charge in [-0.15, -0.1) is 0 Å². The van der Waals surface area contributed by atoms with E-state index < -0.39 is 0 Å². The molecule has 2 heterocycles. The fraction of sp³-hybridized carbons (Fsp3) is 0.412. The van der Waals surface area contributed by atoms with Crippen LogP contribution in [0.2, 0.25) is 0 Å². The zero-order valence-corrected chi connectivity index (χ0v) is 13.2. The molecule has 0 aliphatic carbocycles. The molecule has 0 spiro atoms. The van der Waals surface area contributed by atoms with Gasteiger partial charge < -0.3 is 14.4 Å². The van der Waals surface area contributed by atoms with Crippen LogP contribution >= 0.6 is 0 Å². The first kappa shape index (κ1) is 15.4. The summed E-state index contributed by atoms with van der Waals surface area (Å²) >= 11 is 0. The second-order valence-electron chi connectivity index (χ2n) is 5.45. The van der Waals surface area contributed by atoms with Gasteiger partial charge in [0.2, 0.25) is 5.91 Å². The highest BCUT2D eigenvalue weighted by Gasteiger charge is 2.24. The van der Waals surface area contributed by atoms with E-state index in [1.165, 1.54) is 0 Å². The number of carbonyl (C=O) groups excluding carboxylic acids is 1. The third-order valence-electron chi connectivity index (χ3n) is 3.84. The predicted octanol–water partition coefficient (Wildman–Crippen LogP) is 1.96. The first-order valence-corrected chi connectivity index (χ1v) is 7.90. The molecule has 1 aliphatic heterocycles. The van der Waals surface area contributed by atoms with E-state index in [9.17, 15) is 4.79 Å². The number of nitrogens with zero attached hydrogens (tertiary/aromatic N) is 3. The molecule has 1 atom stereocenters. The van der Waals surface area contributed by atoms with Crippen molar-refractivity contribution >= 4 is 5.91 Å². The molecule has 23 heavy (non-hydrogen) atoms. The summed E-state index contributed by atoms with van der Waals surface area (Å²) in [6, 6.07) is 9.46. The van der Waals surface area contributed by atoms with Crippen molar-refractivity contribution < 1.29 is 14.3 Å². The molecule has 0 radical (unpaired) electrons. The second kappa shape index (κ2) is 7.17. The topological polar surface area (TPSA) is 56.6 Å². The summed E-state index contributed by atoms with van der Waals surface area (Å²) in [7, 11) is 0. The number of hydrogen-bond acceptors (Lipinski definition) is 4. The van der Waals surface area contributed by atoms with Crippen molar-refractivity contribution in [3.63, 3.8) is 0 Å². The van der Waals surface area contributed by atoms with Crippen LogP contribution in [0.3, 0.4) is 0 Å². The number of rotatable bonds is 6. The van der Waals surface area contributed by atoms with Crippen LogP contribution in [-0.4, -0.2) is 46.4 Å². The summed E-state index contributed by atoms with van der Waals surface area (Å²) in [5, 5.41) is 4.12. The quantitative estimate of drug-likeness (QED) is 0.818. The van der Waals surface area contributed by atoms with Gasteiger partial charge in [-0.2, -0.15) is 5.10 Å². The van der Waals surface area contributed by atoms with Crippen LogP contribution in [0.4, 0.5) is 0 Å². The lowest BCUT2D eigenvalue weighted by Crippen LogP contribution is -2.43. The molecule has 1 amide bonds. The molecule has 1 aromatic heterocycles. The van der Waals surface area contributed by atoms with Crippen LogP contribution in [0.25, 0.3) is 0 Å². The predicted molar refractivity (Wildman–Crippen MR) is 85.5 cm³/mol. The number of hydrogen-bond donors (Lipinski definition) is 0. The van der Waals surface area contributed by atoms with E-state index in [0.29, 0.717) is 32.7 Å². The van der Waals surface area contributed by atoms with E-state index in [1.54, 1.807) is 10.9 Å². The van der Waals surface area contributed by atoms with Gasteiger partial charge in [0.15, 0.2) is 17.6 Å². The second-order valence-corrected chi connectivity index (χ2v) is 5.45. The number of likely N-dealkylation sites (N-methyl/N-ethyl adjacent to an activating group) is 1. The molecule has 0 saturated heterocycles. The van der Waals surface area contributed by atoms with Crippen LogP contribution in [-0.2, 0) is 11.3 Å². The molecule has 122 valence electrons. The van der Waals surface area contributed by atoms with Crippen molar-refractivity contribution in [2.24, 2.45) is 0 Å². The lowest BCUT2D eigenvalue weighted by atomic mass is 10.2. The van der Waals surface area contributed by atoms with E-state index in [0.717, 1.165) is 11.5 Å². The number of aromatic nitrogens is 2. The Morgan fingerprint density at radius 2 is 2.17 bits per heavy atom. The van der Waals surface area contributed by atoms with Crippen molar-refractivity contribution in [1.82, 2.24) is 14.7 Å². The van der Waals surface area contributed by atoms with Gasteiger partial charge in [0.25, 0.3) is 0 Å². The summed E-state index contributed by atoms with van der Waals surface area (Å²) < 4.78 is 13.4. The fourth-order valence-corrected chi connectivity index (χ4v) is 2.61. The number of carbonyl (C=O) groups is 1. The van der Waals surface area contributed by atoms with Crippen LogP contribution in [0.1, 0.15) is 13.3 Å². The molecule has 0 saturated carbocycles. The summed E-state index contributed by atoms with van der Waals surface area (Å²) in [6.07, 6.45) is 3.86. The normalized spacial score (nSPS) is 16.1. The van der Waals surface area contributed by atoms with Crippen molar-refractivity contribution in [1.29, 1.82) is 0 Å². The molecule has 3 rings (SSSR count). The number of benzene rings is 1. The standard InChI is InChI=1S/C17H21N3O3/c1-2-19(17(21)8-11-20-10-5-9-18-20)12-14-13-22-15-6-3-4-7-16(15)23-14/h3-7,9-10,14H,2,8,11-13H2,1H3/t14-/m0/s1. The van der Waals surface area contributed by atoms with Crippen LogP contribution in [0.5, 0.6) is 11.5 Å². The number of aryl methyl sites for hydroxylation is 1. The zero-order valence-electron chi connectivity index (χ0n) is 13.2. The van der Waals surface area contributed by atoms with Crippen molar-refractivity contribution in [2.75, 3.05) is 19.7 Å². The highest BCUT2D eigenvalue weighted by molar-refractivity contribution is 5.76. The molecule has 6 heteroatoms. The molecular formula is C17H21N3O3. The highest BCUT2D eigenvalue weighted by atomic mass is 16.6. The third kappa shape index (κ3) is 3.83. The number of fused-ring (bicyclic) bond motifs is 1. The van der Waals surface area contributed by atoms with Gasteiger partial charge in [0.05, 0.1) is 6.54 Å². The van der Waals surface area contributed by atoms with Crippen molar-refractivity contribution in [3.8, 4) is 11.5 Å². The summed E-state index contributed by atoms with van der Waals surface area (Å²) in [5.74, 6) is 1.60. The lowest BCUT2D eigenvalue weighted by Gasteiger charge is -2.31. The Bertz CT molecular complexity index is 642. The van der Waals surface area contributed by atoms with E-state index in [2.05, 4.69) is 5.10 Å². The maximum absolute atomic E-state index is 12.4. The average molecular weight is 315 g/mol. The molecular weight excluding hydrogens is 294 g/mol. The van der Waals surface area contributed by atoms with Gasteiger partial charge in [0, 0.05) is 31.9 Å². The Labute approximate surface area is 135 Å². The number of ether oxygens (including phenoxy) is 2. The van der Waals surface area contributed by atoms with Gasteiger partial charge in [-0.3, -0.25) is 9.48 Å². The minimum atomic E-state index is -0.140. The molecule has 0 unspecified atom stereocenters.